The van der Waals surface area contributed by atoms with Crippen molar-refractivity contribution < 1.29 is 9.53 Å². The summed E-state index contributed by atoms with van der Waals surface area (Å²) in [6, 6.07) is 19.7. The monoisotopic (exact) mass is 426 g/mol. The number of fused-ring (bicyclic) bond motifs is 1. The van der Waals surface area contributed by atoms with E-state index in [0.717, 1.165) is 66.6 Å². The van der Waals surface area contributed by atoms with Crippen LogP contribution >= 0.6 is 0 Å². The van der Waals surface area contributed by atoms with Crippen molar-refractivity contribution in [1.82, 2.24) is 14.3 Å². The minimum Gasteiger partial charge on any atom is -0.379 e. The van der Waals surface area contributed by atoms with Crippen LogP contribution in [-0.4, -0.2) is 46.5 Å². The van der Waals surface area contributed by atoms with Gasteiger partial charge in [-0.25, -0.2) is 4.98 Å². The molecule has 1 fully saturated rings. The first-order chi connectivity index (χ1) is 15.7. The number of benzene rings is 2. The summed E-state index contributed by atoms with van der Waals surface area (Å²) >= 11 is 0. The van der Waals surface area contributed by atoms with Crippen LogP contribution in [0.3, 0.4) is 0 Å². The quantitative estimate of drug-likeness (QED) is 0.514. The minimum absolute atomic E-state index is 0.107. The third-order valence-electron chi connectivity index (χ3n) is 5.82. The molecule has 1 saturated heterocycles. The molecule has 0 unspecified atom stereocenters. The van der Waals surface area contributed by atoms with Gasteiger partial charge in [0.1, 0.15) is 5.65 Å². The van der Waals surface area contributed by atoms with Crippen LogP contribution in [0.5, 0.6) is 0 Å². The first kappa shape index (κ1) is 20.4. The van der Waals surface area contributed by atoms with Gasteiger partial charge in [-0.15, -0.1) is 0 Å². The number of nitrogens with one attached hydrogen (secondary N) is 1. The van der Waals surface area contributed by atoms with Gasteiger partial charge in [-0.3, -0.25) is 9.69 Å². The average molecular weight is 427 g/mol. The zero-order chi connectivity index (χ0) is 21.9. The lowest BCUT2D eigenvalue weighted by Gasteiger charge is -2.26. The predicted octanol–water partition coefficient (Wildman–Crippen LogP) is 4.39. The molecular weight excluding hydrogens is 400 g/mol. The Morgan fingerprint density at radius 3 is 2.66 bits per heavy atom. The highest BCUT2D eigenvalue weighted by atomic mass is 16.5. The van der Waals surface area contributed by atoms with Crippen molar-refractivity contribution in [3.63, 3.8) is 0 Å². The highest BCUT2D eigenvalue weighted by Crippen LogP contribution is 2.23. The highest BCUT2D eigenvalue weighted by Gasteiger charge is 2.13. The van der Waals surface area contributed by atoms with E-state index in [1.54, 1.807) is 0 Å². The summed E-state index contributed by atoms with van der Waals surface area (Å²) in [4.78, 5) is 19.9. The first-order valence-corrected chi connectivity index (χ1v) is 10.9. The van der Waals surface area contributed by atoms with Gasteiger partial charge in [-0.1, -0.05) is 30.3 Å². The Morgan fingerprint density at radius 2 is 1.88 bits per heavy atom. The second-order valence-electron chi connectivity index (χ2n) is 8.17. The maximum atomic E-state index is 12.8. The van der Waals surface area contributed by atoms with E-state index in [1.807, 2.05) is 65.3 Å². The molecule has 1 aliphatic heterocycles. The van der Waals surface area contributed by atoms with Gasteiger partial charge in [-0.2, -0.15) is 0 Å². The van der Waals surface area contributed by atoms with Gasteiger partial charge in [0.25, 0.3) is 5.91 Å². The summed E-state index contributed by atoms with van der Waals surface area (Å²) in [6.07, 6.45) is 4.02. The number of morpholine rings is 1. The minimum atomic E-state index is -0.107. The maximum Gasteiger partial charge on any atom is 0.255 e. The topological polar surface area (TPSA) is 58.9 Å². The number of amides is 1. The number of anilines is 1. The van der Waals surface area contributed by atoms with E-state index in [-0.39, 0.29) is 5.91 Å². The SMILES string of the molecule is Cc1cccn2cc(-c3ccc(NC(=O)c4cccc(CN5CCOCC5)c4)cc3)nc12. The predicted molar refractivity (Wildman–Crippen MR) is 126 cm³/mol. The van der Waals surface area contributed by atoms with Gasteiger partial charge in [0.2, 0.25) is 0 Å². The fraction of sp³-hybridized carbons (Fsp3) is 0.231. The first-order valence-electron chi connectivity index (χ1n) is 10.9. The molecule has 3 heterocycles. The van der Waals surface area contributed by atoms with E-state index >= 15 is 0 Å². The smallest absolute Gasteiger partial charge is 0.255 e. The van der Waals surface area contributed by atoms with Crippen LogP contribution in [-0.2, 0) is 11.3 Å². The van der Waals surface area contributed by atoms with E-state index < -0.39 is 0 Å². The largest absolute Gasteiger partial charge is 0.379 e. The summed E-state index contributed by atoms with van der Waals surface area (Å²) in [5.74, 6) is -0.107. The fourth-order valence-electron chi connectivity index (χ4n) is 4.05. The molecule has 0 saturated carbocycles. The number of carbonyl (C=O) groups is 1. The van der Waals surface area contributed by atoms with Gasteiger partial charge in [0.15, 0.2) is 0 Å². The molecule has 1 aliphatic rings. The molecule has 32 heavy (non-hydrogen) atoms. The Kier molecular flexibility index (Phi) is 5.71. The second kappa shape index (κ2) is 8.94. The fourth-order valence-corrected chi connectivity index (χ4v) is 4.05. The highest BCUT2D eigenvalue weighted by molar-refractivity contribution is 6.04. The molecule has 2 aromatic carbocycles. The molecule has 0 aliphatic carbocycles. The number of imidazole rings is 1. The molecule has 4 aromatic rings. The molecule has 0 radical (unpaired) electrons. The number of nitrogens with zero attached hydrogens (tertiary/aromatic N) is 3. The van der Waals surface area contributed by atoms with Crippen LogP contribution in [0.2, 0.25) is 0 Å². The number of ether oxygens (including phenoxy) is 1. The molecule has 0 spiro atoms. The summed E-state index contributed by atoms with van der Waals surface area (Å²) in [6.45, 7) is 6.27. The zero-order valence-electron chi connectivity index (χ0n) is 18.1. The second-order valence-corrected chi connectivity index (χ2v) is 8.17. The molecule has 162 valence electrons. The number of hydrogen-bond acceptors (Lipinski definition) is 4. The average Bonchev–Trinajstić information content (AvgIpc) is 3.26. The maximum absolute atomic E-state index is 12.8. The van der Waals surface area contributed by atoms with E-state index in [2.05, 4.69) is 29.3 Å². The van der Waals surface area contributed by atoms with Gasteiger partial charge in [-0.05, 0) is 48.4 Å². The summed E-state index contributed by atoms with van der Waals surface area (Å²) in [5, 5.41) is 3.01. The van der Waals surface area contributed by atoms with Gasteiger partial charge in [0.05, 0.1) is 18.9 Å². The van der Waals surface area contributed by atoms with Crippen molar-refractivity contribution in [3.8, 4) is 11.3 Å². The van der Waals surface area contributed by atoms with Crippen molar-refractivity contribution in [2.75, 3.05) is 31.6 Å². The molecule has 1 amide bonds. The summed E-state index contributed by atoms with van der Waals surface area (Å²) in [5.41, 5.74) is 6.58. The van der Waals surface area contributed by atoms with E-state index in [0.29, 0.717) is 5.56 Å². The van der Waals surface area contributed by atoms with Crippen molar-refractivity contribution in [3.05, 3.63) is 89.7 Å². The number of aryl methyl sites for hydroxylation is 1. The van der Waals surface area contributed by atoms with Crippen LogP contribution in [0.25, 0.3) is 16.9 Å². The lowest BCUT2D eigenvalue weighted by molar-refractivity contribution is 0.0342. The molecule has 6 nitrogen and oxygen atoms in total. The van der Waals surface area contributed by atoms with Crippen LogP contribution in [0, 0.1) is 6.92 Å². The van der Waals surface area contributed by atoms with Crippen molar-refractivity contribution >= 4 is 17.2 Å². The lowest BCUT2D eigenvalue weighted by Crippen LogP contribution is -2.35. The van der Waals surface area contributed by atoms with Gasteiger partial charge < -0.3 is 14.5 Å². The Bertz CT molecular complexity index is 1240. The third-order valence-corrected chi connectivity index (χ3v) is 5.82. The number of aromatic nitrogens is 2. The zero-order valence-corrected chi connectivity index (χ0v) is 18.1. The van der Waals surface area contributed by atoms with Crippen LogP contribution in [0.1, 0.15) is 21.5 Å². The van der Waals surface area contributed by atoms with Crippen molar-refractivity contribution in [1.29, 1.82) is 0 Å². The summed E-state index contributed by atoms with van der Waals surface area (Å²) in [7, 11) is 0. The van der Waals surface area contributed by atoms with Crippen LogP contribution in [0.15, 0.2) is 73.1 Å². The van der Waals surface area contributed by atoms with Crippen LogP contribution in [0.4, 0.5) is 5.69 Å². The molecule has 6 heteroatoms. The van der Waals surface area contributed by atoms with Gasteiger partial charge in [0, 0.05) is 48.8 Å². The number of hydrogen-bond donors (Lipinski definition) is 1. The van der Waals surface area contributed by atoms with Gasteiger partial charge >= 0.3 is 0 Å². The molecule has 0 atom stereocenters. The number of rotatable bonds is 5. The Balaban J connectivity index is 1.27. The lowest BCUT2D eigenvalue weighted by atomic mass is 10.1. The van der Waals surface area contributed by atoms with Crippen molar-refractivity contribution in [2.45, 2.75) is 13.5 Å². The molecule has 2 aromatic heterocycles. The summed E-state index contributed by atoms with van der Waals surface area (Å²) < 4.78 is 7.44. The van der Waals surface area contributed by atoms with E-state index in [4.69, 9.17) is 9.72 Å². The standard InChI is InChI=1S/C26H26N4O2/c1-19-4-3-11-30-18-24(28-25(19)30)21-7-9-23(10-8-21)27-26(31)22-6-2-5-20(16-22)17-29-12-14-32-15-13-29/h2-11,16,18H,12-15,17H2,1H3,(H,27,31). The Morgan fingerprint density at radius 1 is 1.06 bits per heavy atom. The Hall–Kier alpha value is -3.48. The Labute approximate surface area is 187 Å². The number of carbonyl (C=O) groups excluding carboxylic acids is 1. The molecule has 1 N–H and O–H groups in total. The van der Waals surface area contributed by atoms with E-state index in [1.165, 1.54) is 0 Å². The van der Waals surface area contributed by atoms with E-state index in [9.17, 15) is 4.79 Å². The molecule has 0 bridgehead atoms. The van der Waals surface area contributed by atoms with Crippen molar-refractivity contribution in [2.24, 2.45) is 0 Å². The molecule has 5 rings (SSSR count). The number of pyridine rings is 1. The van der Waals surface area contributed by atoms with Crippen LogP contribution < -0.4 is 5.32 Å². The molecular formula is C26H26N4O2. The third kappa shape index (κ3) is 4.42. The normalized spacial score (nSPS) is 14.5.